The average molecular weight is 430 g/mol. The molecule has 3 atom stereocenters. The van der Waals surface area contributed by atoms with Crippen molar-refractivity contribution >= 4 is 17.7 Å². The topological polar surface area (TPSA) is 135 Å². The highest BCUT2D eigenvalue weighted by Gasteiger charge is 2.32. The first-order valence-electron chi connectivity index (χ1n) is 11.3. The van der Waals surface area contributed by atoms with Crippen LogP contribution in [0.4, 0.5) is 0 Å². The Balaban J connectivity index is 1.95. The van der Waals surface area contributed by atoms with Crippen molar-refractivity contribution in [2.45, 2.75) is 84.2 Å². The number of nitriles is 2. The van der Waals surface area contributed by atoms with Crippen LogP contribution < -0.4 is 16.0 Å². The molecule has 1 aliphatic carbocycles. The lowest BCUT2D eigenvalue weighted by molar-refractivity contribution is -0.132. The molecule has 8 nitrogen and oxygen atoms in total. The first kappa shape index (κ1) is 24.7. The summed E-state index contributed by atoms with van der Waals surface area (Å²) in [5, 5.41) is 27.0. The Kier molecular flexibility index (Phi) is 8.86. The van der Waals surface area contributed by atoms with Gasteiger partial charge in [0.2, 0.25) is 17.7 Å². The molecule has 8 heteroatoms. The molecule has 2 aliphatic rings. The zero-order chi connectivity index (χ0) is 23.0. The maximum Gasteiger partial charge on any atom is 0.243 e. The van der Waals surface area contributed by atoms with Crippen molar-refractivity contribution < 1.29 is 14.4 Å². The summed E-state index contributed by atoms with van der Waals surface area (Å²) in [5.41, 5.74) is -0.197. The molecule has 1 aliphatic heterocycles. The molecule has 2 rings (SSSR count). The van der Waals surface area contributed by atoms with Crippen molar-refractivity contribution in [3.63, 3.8) is 0 Å². The second-order valence-electron chi connectivity index (χ2n) is 10.0. The number of carbonyl (C=O) groups is 3. The quantitative estimate of drug-likeness (QED) is 0.543. The number of amides is 3. The molecule has 0 bridgehead atoms. The SMILES string of the molecule is CC(C)(C)C[C@H](NC(=O)C1CCC(C#N)CC1)C(=O)N[C@H](C#N)CC[C@@H]1CCNC1=O. The summed E-state index contributed by atoms with van der Waals surface area (Å²) < 4.78 is 0. The molecule has 1 saturated heterocycles. The van der Waals surface area contributed by atoms with Crippen LogP contribution in [0.25, 0.3) is 0 Å². The van der Waals surface area contributed by atoms with Crippen LogP contribution in [0.1, 0.15) is 72.1 Å². The van der Waals surface area contributed by atoms with Crippen molar-refractivity contribution in [1.82, 2.24) is 16.0 Å². The highest BCUT2D eigenvalue weighted by molar-refractivity contribution is 5.89. The first-order valence-corrected chi connectivity index (χ1v) is 11.3. The minimum atomic E-state index is -0.730. The van der Waals surface area contributed by atoms with Gasteiger partial charge in [0, 0.05) is 24.3 Å². The molecule has 1 heterocycles. The molecule has 0 aromatic heterocycles. The normalized spacial score (nSPS) is 25.5. The first-order chi connectivity index (χ1) is 14.6. The van der Waals surface area contributed by atoms with E-state index in [1.54, 1.807) is 0 Å². The maximum atomic E-state index is 13.0. The summed E-state index contributed by atoms with van der Waals surface area (Å²) in [7, 11) is 0. The monoisotopic (exact) mass is 429 g/mol. The van der Waals surface area contributed by atoms with Crippen LogP contribution in [0.5, 0.6) is 0 Å². The Morgan fingerprint density at radius 3 is 2.32 bits per heavy atom. The second-order valence-corrected chi connectivity index (χ2v) is 10.0. The molecule has 1 saturated carbocycles. The van der Waals surface area contributed by atoms with Crippen LogP contribution in [0.3, 0.4) is 0 Å². The van der Waals surface area contributed by atoms with Gasteiger partial charge >= 0.3 is 0 Å². The predicted molar refractivity (Wildman–Crippen MR) is 115 cm³/mol. The summed E-state index contributed by atoms with van der Waals surface area (Å²) >= 11 is 0. The van der Waals surface area contributed by atoms with E-state index in [0.717, 1.165) is 6.42 Å². The standard InChI is InChI=1S/C23H35N5O3/c1-23(2,3)12-19(28-21(30)16-6-4-15(13-24)5-7-16)22(31)27-18(14-25)9-8-17-10-11-26-20(17)29/h15-19H,4-12H2,1-3H3,(H,26,29)(H,27,31)(H,28,30)/t15?,16?,17-,18+,19+/m1/s1. The van der Waals surface area contributed by atoms with Crippen LogP contribution in [0.15, 0.2) is 0 Å². The summed E-state index contributed by atoms with van der Waals surface area (Å²) in [6.07, 6.45) is 4.85. The second kappa shape index (κ2) is 11.1. The third kappa shape index (κ3) is 7.86. The van der Waals surface area contributed by atoms with Gasteiger partial charge in [-0.1, -0.05) is 20.8 Å². The highest BCUT2D eigenvalue weighted by atomic mass is 16.2. The minimum absolute atomic E-state index is 0.00649. The Labute approximate surface area is 185 Å². The van der Waals surface area contributed by atoms with Gasteiger partial charge in [-0.3, -0.25) is 14.4 Å². The number of nitrogens with one attached hydrogen (secondary N) is 3. The fourth-order valence-electron chi connectivity index (χ4n) is 4.33. The van der Waals surface area contributed by atoms with E-state index in [1.807, 2.05) is 20.8 Å². The van der Waals surface area contributed by atoms with Crippen LogP contribution >= 0.6 is 0 Å². The minimum Gasteiger partial charge on any atom is -0.356 e. The molecule has 0 spiro atoms. The van der Waals surface area contributed by atoms with Gasteiger partial charge in [0.05, 0.1) is 12.1 Å². The number of carbonyl (C=O) groups excluding carboxylic acids is 3. The van der Waals surface area contributed by atoms with Crippen molar-refractivity contribution in [2.24, 2.45) is 23.2 Å². The summed E-state index contributed by atoms with van der Waals surface area (Å²) in [6.45, 7) is 6.65. The Bertz CT molecular complexity index is 738. The summed E-state index contributed by atoms with van der Waals surface area (Å²) in [5.74, 6) is -0.801. The predicted octanol–water partition coefficient (Wildman–Crippen LogP) is 2.16. The smallest absolute Gasteiger partial charge is 0.243 e. The van der Waals surface area contributed by atoms with Gasteiger partial charge in [0.1, 0.15) is 12.1 Å². The van der Waals surface area contributed by atoms with Crippen LogP contribution in [0.2, 0.25) is 0 Å². The van der Waals surface area contributed by atoms with Gasteiger partial charge in [0.15, 0.2) is 0 Å². The molecule has 31 heavy (non-hydrogen) atoms. The Morgan fingerprint density at radius 1 is 1.13 bits per heavy atom. The fraction of sp³-hybridized carbons (Fsp3) is 0.783. The lowest BCUT2D eigenvalue weighted by atomic mass is 9.82. The van der Waals surface area contributed by atoms with Crippen molar-refractivity contribution in [3.8, 4) is 12.1 Å². The summed E-state index contributed by atoms with van der Waals surface area (Å²) in [4.78, 5) is 37.5. The van der Waals surface area contributed by atoms with Gasteiger partial charge < -0.3 is 16.0 Å². The van der Waals surface area contributed by atoms with Crippen molar-refractivity contribution in [2.75, 3.05) is 6.54 Å². The third-order valence-corrected chi connectivity index (χ3v) is 6.17. The zero-order valence-electron chi connectivity index (χ0n) is 18.9. The molecule has 0 radical (unpaired) electrons. The van der Waals surface area contributed by atoms with Crippen molar-refractivity contribution in [1.29, 1.82) is 10.5 Å². The van der Waals surface area contributed by atoms with E-state index >= 15 is 0 Å². The number of rotatable bonds is 8. The third-order valence-electron chi connectivity index (χ3n) is 6.17. The van der Waals surface area contributed by atoms with Crippen LogP contribution in [0, 0.1) is 45.8 Å². The Morgan fingerprint density at radius 2 is 1.81 bits per heavy atom. The Hall–Kier alpha value is -2.61. The number of hydrogen-bond donors (Lipinski definition) is 3. The van der Waals surface area contributed by atoms with E-state index in [1.165, 1.54) is 0 Å². The van der Waals surface area contributed by atoms with E-state index in [0.29, 0.717) is 51.5 Å². The van der Waals surface area contributed by atoms with Crippen LogP contribution in [-0.4, -0.2) is 36.3 Å². The van der Waals surface area contributed by atoms with Gasteiger partial charge in [-0.15, -0.1) is 0 Å². The molecule has 0 unspecified atom stereocenters. The molecule has 0 aromatic rings. The maximum absolute atomic E-state index is 13.0. The zero-order valence-corrected chi connectivity index (χ0v) is 18.9. The lowest BCUT2D eigenvalue weighted by Gasteiger charge is -2.30. The molecule has 3 N–H and O–H groups in total. The fourth-order valence-corrected chi connectivity index (χ4v) is 4.33. The van der Waals surface area contributed by atoms with Gasteiger partial charge in [-0.05, 0) is 56.8 Å². The van der Waals surface area contributed by atoms with Crippen molar-refractivity contribution in [3.05, 3.63) is 0 Å². The largest absolute Gasteiger partial charge is 0.356 e. The molecule has 3 amide bonds. The molecule has 2 fully saturated rings. The number of nitrogens with zero attached hydrogens (tertiary/aromatic N) is 2. The van der Waals surface area contributed by atoms with Gasteiger partial charge in [0.25, 0.3) is 0 Å². The average Bonchev–Trinajstić information content (AvgIpc) is 3.14. The van der Waals surface area contributed by atoms with Crippen LogP contribution in [-0.2, 0) is 14.4 Å². The lowest BCUT2D eigenvalue weighted by Crippen LogP contribution is -2.52. The number of hydrogen-bond acceptors (Lipinski definition) is 5. The molecular weight excluding hydrogens is 394 g/mol. The van der Waals surface area contributed by atoms with Gasteiger partial charge in [-0.2, -0.15) is 10.5 Å². The molecule has 170 valence electrons. The summed E-state index contributed by atoms with van der Waals surface area (Å²) in [6, 6.07) is 2.94. The molecule has 0 aromatic carbocycles. The highest BCUT2D eigenvalue weighted by Crippen LogP contribution is 2.29. The van der Waals surface area contributed by atoms with E-state index < -0.39 is 12.1 Å². The van der Waals surface area contributed by atoms with E-state index in [2.05, 4.69) is 28.1 Å². The van der Waals surface area contributed by atoms with Gasteiger partial charge in [-0.25, -0.2) is 0 Å². The van der Waals surface area contributed by atoms with E-state index in [9.17, 15) is 19.6 Å². The van der Waals surface area contributed by atoms with E-state index in [-0.39, 0.29) is 40.9 Å². The molecular formula is C23H35N5O3. The van der Waals surface area contributed by atoms with E-state index in [4.69, 9.17) is 5.26 Å².